The van der Waals surface area contributed by atoms with Crippen LogP contribution in [0.4, 0.5) is 0 Å². The van der Waals surface area contributed by atoms with E-state index in [2.05, 4.69) is 5.32 Å². The molecule has 0 aliphatic heterocycles. The van der Waals surface area contributed by atoms with E-state index in [1.807, 2.05) is 6.07 Å². The highest BCUT2D eigenvalue weighted by molar-refractivity contribution is 6.32. The van der Waals surface area contributed by atoms with E-state index in [9.17, 15) is 14.9 Å². The molecule has 0 atom stereocenters. The molecule has 0 fully saturated rings. The Balaban J connectivity index is 1.65. The van der Waals surface area contributed by atoms with Gasteiger partial charge in [0.05, 0.1) is 24.9 Å². The van der Waals surface area contributed by atoms with Gasteiger partial charge in [-0.1, -0.05) is 29.8 Å². The SMILES string of the molecule is COc1cc(/C=C(\C#N)C(=O)NCc2ccco2)ccc1OC(=O)COc1ccccc1Cl. The zero-order valence-corrected chi connectivity index (χ0v) is 18.3. The number of nitriles is 1. The predicted molar refractivity (Wildman–Crippen MR) is 120 cm³/mol. The van der Waals surface area contributed by atoms with E-state index in [1.54, 1.807) is 42.5 Å². The Morgan fingerprint density at radius 2 is 1.94 bits per heavy atom. The second-order valence-corrected chi connectivity index (χ2v) is 6.94. The molecule has 0 spiro atoms. The van der Waals surface area contributed by atoms with Crippen LogP contribution in [0.15, 0.2) is 70.9 Å². The molecule has 3 aromatic rings. The number of nitrogens with one attached hydrogen (secondary N) is 1. The largest absolute Gasteiger partial charge is 0.493 e. The second kappa shape index (κ2) is 11.4. The zero-order valence-electron chi connectivity index (χ0n) is 17.5. The molecule has 0 saturated heterocycles. The zero-order chi connectivity index (χ0) is 23.6. The summed E-state index contributed by atoms with van der Waals surface area (Å²) in [7, 11) is 1.40. The summed E-state index contributed by atoms with van der Waals surface area (Å²) in [5.74, 6) is 0.0999. The Bertz CT molecular complexity index is 1200. The lowest BCUT2D eigenvalue weighted by Gasteiger charge is -2.11. The van der Waals surface area contributed by atoms with Crippen LogP contribution < -0.4 is 19.5 Å². The molecule has 2 aromatic carbocycles. The molecular formula is C24H19ClN2O6. The highest BCUT2D eigenvalue weighted by atomic mass is 35.5. The molecule has 0 saturated carbocycles. The van der Waals surface area contributed by atoms with Crippen molar-refractivity contribution < 1.29 is 28.2 Å². The lowest BCUT2D eigenvalue weighted by Crippen LogP contribution is -2.23. The number of methoxy groups -OCH3 is 1. The Morgan fingerprint density at radius 3 is 2.64 bits per heavy atom. The van der Waals surface area contributed by atoms with Gasteiger partial charge >= 0.3 is 5.97 Å². The van der Waals surface area contributed by atoms with Crippen molar-refractivity contribution in [2.24, 2.45) is 0 Å². The topological polar surface area (TPSA) is 111 Å². The highest BCUT2D eigenvalue weighted by Crippen LogP contribution is 2.29. The lowest BCUT2D eigenvalue weighted by atomic mass is 10.1. The number of benzene rings is 2. The predicted octanol–water partition coefficient (Wildman–Crippen LogP) is 4.15. The Labute approximate surface area is 194 Å². The first kappa shape index (κ1) is 23.4. The van der Waals surface area contributed by atoms with Crippen molar-refractivity contribution >= 4 is 29.6 Å². The molecule has 1 heterocycles. The fourth-order valence-corrected chi connectivity index (χ4v) is 2.89. The molecule has 1 N–H and O–H groups in total. The second-order valence-electron chi connectivity index (χ2n) is 6.54. The molecule has 3 rings (SSSR count). The third-order valence-corrected chi connectivity index (χ3v) is 4.59. The van der Waals surface area contributed by atoms with Gasteiger partial charge < -0.3 is 23.9 Å². The van der Waals surface area contributed by atoms with Gasteiger partial charge in [-0.15, -0.1) is 0 Å². The number of carbonyl (C=O) groups is 2. The van der Waals surface area contributed by atoms with Gasteiger partial charge in [0.1, 0.15) is 23.2 Å². The monoisotopic (exact) mass is 466 g/mol. The third-order valence-electron chi connectivity index (χ3n) is 4.27. The summed E-state index contributed by atoms with van der Waals surface area (Å²) < 4.78 is 21.1. The first-order valence-electron chi connectivity index (χ1n) is 9.68. The van der Waals surface area contributed by atoms with Crippen LogP contribution >= 0.6 is 11.6 Å². The first-order chi connectivity index (χ1) is 16.0. The van der Waals surface area contributed by atoms with E-state index in [4.69, 9.17) is 30.2 Å². The van der Waals surface area contributed by atoms with Crippen LogP contribution in [0.5, 0.6) is 17.2 Å². The minimum absolute atomic E-state index is 0.110. The summed E-state index contributed by atoms with van der Waals surface area (Å²) in [6.07, 6.45) is 2.89. The van der Waals surface area contributed by atoms with Gasteiger partial charge in [-0.2, -0.15) is 5.26 Å². The lowest BCUT2D eigenvalue weighted by molar-refractivity contribution is -0.136. The van der Waals surface area contributed by atoms with E-state index < -0.39 is 11.9 Å². The number of amides is 1. The van der Waals surface area contributed by atoms with E-state index >= 15 is 0 Å². The summed E-state index contributed by atoms with van der Waals surface area (Å²) in [6, 6.07) is 16.6. The molecule has 1 aromatic heterocycles. The van der Waals surface area contributed by atoms with E-state index in [1.165, 1.54) is 31.6 Å². The fraction of sp³-hybridized carbons (Fsp3) is 0.125. The van der Waals surface area contributed by atoms with Crippen LogP contribution in [0.2, 0.25) is 5.02 Å². The van der Waals surface area contributed by atoms with Crippen molar-refractivity contribution in [3.63, 3.8) is 0 Å². The van der Waals surface area contributed by atoms with Crippen LogP contribution in [-0.4, -0.2) is 25.6 Å². The number of para-hydroxylation sites is 1. The van der Waals surface area contributed by atoms with Crippen LogP contribution in [0, 0.1) is 11.3 Å². The van der Waals surface area contributed by atoms with Crippen molar-refractivity contribution in [2.45, 2.75) is 6.54 Å². The van der Waals surface area contributed by atoms with Crippen molar-refractivity contribution in [3.8, 4) is 23.3 Å². The van der Waals surface area contributed by atoms with Crippen LogP contribution in [0.3, 0.4) is 0 Å². The van der Waals surface area contributed by atoms with E-state index in [-0.39, 0.29) is 30.2 Å². The Morgan fingerprint density at radius 1 is 1.12 bits per heavy atom. The van der Waals surface area contributed by atoms with Crippen molar-refractivity contribution in [1.29, 1.82) is 5.26 Å². The van der Waals surface area contributed by atoms with Crippen LogP contribution in [0.1, 0.15) is 11.3 Å². The van der Waals surface area contributed by atoms with Gasteiger partial charge in [0.2, 0.25) is 0 Å². The van der Waals surface area contributed by atoms with E-state index in [0.717, 1.165) is 0 Å². The first-order valence-corrected chi connectivity index (χ1v) is 10.1. The average molecular weight is 467 g/mol. The van der Waals surface area contributed by atoms with Crippen molar-refractivity contribution in [3.05, 3.63) is 82.8 Å². The molecule has 168 valence electrons. The third kappa shape index (κ3) is 6.63. The van der Waals surface area contributed by atoms with Gasteiger partial charge in [-0.25, -0.2) is 4.79 Å². The van der Waals surface area contributed by atoms with Crippen molar-refractivity contribution in [2.75, 3.05) is 13.7 Å². The molecule has 1 amide bonds. The summed E-state index contributed by atoms with van der Waals surface area (Å²) >= 11 is 6.00. The fourth-order valence-electron chi connectivity index (χ4n) is 2.70. The number of carbonyl (C=O) groups excluding carboxylic acids is 2. The summed E-state index contributed by atoms with van der Waals surface area (Å²) in [5, 5.41) is 12.3. The number of rotatable bonds is 9. The summed E-state index contributed by atoms with van der Waals surface area (Å²) in [6.45, 7) is -0.206. The molecule has 0 radical (unpaired) electrons. The number of halogens is 1. The molecule has 0 unspecified atom stereocenters. The standard InChI is InChI=1S/C24H19ClN2O6/c1-30-22-12-16(11-17(13-26)24(29)27-14-18-5-4-10-31-18)8-9-21(22)33-23(28)15-32-20-7-3-2-6-19(20)25/h2-12H,14-15H2,1H3,(H,27,29)/b17-11+. The number of nitrogens with zero attached hydrogens (tertiary/aromatic N) is 1. The minimum Gasteiger partial charge on any atom is -0.493 e. The summed E-state index contributed by atoms with van der Waals surface area (Å²) in [5.41, 5.74) is 0.394. The molecule has 33 heavy (non-hydrogen) atoms. The van der Waals surface area contributed by atoms with Gasteiger partial charge in [0.25, 0.3) is 5.91 Å². The molecule has 8 nitrogen and oxygen atoms in total. The quantitative estimate of drug-likeness (QED) is 0.218. The van der Waals surface area contributed by atoms with E-state index in [0.29, 0.717) is 22.1 Å². The van der Waals surface area contributed by atoms with Gasteiger partial charge in [0.15, 0.2) is 18.1 Å². The molecule has 9 heteroatoms. The summed E-state index contributed by atoms with van der Waals surface area (Å²) in [4.78, 5) is 24.5. The molecule has 0 aliphatic carbocycles. The average Bonchev–Trinajstić information content (AvgIpc) is 3.35. The number of esters is 1. The maximum Gasteiger partial charge on any atom is 0.349 e. The Kier molecular flexibility index (Phi) is 8.11. The number of hydrogen-bond donors (Lipinski definition) is 1. The molecule has 0 bridgehead atoms. The number of ether oxygens (including phenoxy) is 3. The Hall–Kier alpha value is -4.22. The highest BCUT2D eigenvalue weighted by Gasteiger charge is 2.14. The normalized spacial score (nSPS) is 10.8. The van der Waals surface area contributed by atoms with Crippen molar-refractivity contribution in [1.82, 2.24) is 5.32 Å². The maximum absolute atomic E-state index is 12.3. The molecular weight excluding hydrogens is 448 g/mol. The van der Waals surface area contributed by atoms with Gasteiger partial charge in [-0.3, -0.25) is 4.79 Å². The molecule has 0 aliphatic rings. The number of hydrogen-bond acceptors (Lipinski definition) is 7. The van der Waals surface area contributed by atoms with Gasteiger partial charge in [-0.05, 0) is 48.0 Å². The maximum atomic E-state index is 12.3. The minimum atomic E-state index is -0.661. The van der Waals surface area contributed by atoms with Crippen LogP contribution in [0.25, 0.3) is 6.08 Å². The number of furan rings is 1. The van der Waals surface area contributed by atoms with Gasteiger partial charge in [0, 0.05) is 0 Å². The van der Waals surface area contributed by atoms with Crippen LogP contribution in [-0.2, 0) is 16.1 Å². The smallest absolute Gasteiger partial charge is 0.349 e.